The topological polar surface area (TPSA) is 65.3 Å². The number of aromatic nitrogens is 1. The van der Waals surface area contributed by atoms with E-state index in [0.29, 0.717) is 25.3 Å². The highest BCUT2D eigenvalue weighted by Crippen LogP contribution is 2.13. The summed E-state index contributed by atoms with van der Waals surface area (Å²) < 4.78 is 5.44. The molecule has 0 N–H and O–H groups in total. The van der Waals surface area contributed by atoms with Gasteiger partial charge < -0.3 is 4.74 Å². The van der Waals surface area contributed by atoms with Crippen molar-refractivity contribution in [3.05, 3.63) is 34.5 Å². The number of ether oxygens (including phenoxy) is 1. The zero-order valence-corrected chi connectivity index (χ0v) is 13.6. The van der Waals surface area contributed by atoms with Gasteiger partial charge in [0.15, 0.2) is 0 Å². The molecule has 1 aromatic heterocycles. The molecule has 0 bridgehead atoms. The first kappa shape index (κ1) is 18.4. The van der Waals surface area contributed by atoms with E-state index < -0.39 is 6.04 Å². The Morgan fingerprint density at radius 2 is 1.86 bits per heavy atom. The van der Waals surface area contributed by atoms with Crippen molar-refractivity contribution in [3.8, 4) is 5.88 Å². The first-order chi connectivity index (χ1) is 10.7. The van der Waals surface area contributed by atoms with Crippen LogP contribution in [0.4, 0.5) is 0 Å². The maximum Gasteiger partial charge on any atom is 0.216 e. The van der Waals surface area contributed by atoms with Crippen LogP contribution in [0.5, 0.6) is 5.88 Å². The lowest BCUT2D eigenvalue weighted by Crippen LogP contribution is -2.22. The summed E-state index contributed by atoms with van der Waals surface area (Å²) in [5.74, 6) is 0.528. The number of nitrogens with zero attached hydrogens (tertiary/aromatic N) is 2. The van der Waals surface area contributed by atoms with Gasteiger partial charge in [-0.05, 0) is 12.5 Å². The Morgan fingerprint density at radius 3 is 2.50 bits per heavy atom. The smallest absolute Gasteiger partial charge is 0.216 e. The van der Waals surface area contributed by atoms with Crippen LogP contribution in [0.3, 0.4) is 0 Å². The molecule has 1 heterocycles. The molecule has 0 aliphatic heterocycles. The Bertz CT molecular complexity index is 398. The van der Waals surface area contributed by atoms with Crippen LogP contribution in [0.15, 0.2) is 24.4 Å². The minimum Gasteiger partial charge on any atom is -0.477 e. The van der Waals surface area contributed by atoms with Gasteiger partial charge >= 0.3 is 0 Å². The molecule has 0 amide bonds. The normalized spacial score (nSPS) is 12.0. The van der Waals surface area contributed by atoms with E-state index >= 15 is 0 Å². The summed E-state index contributed by atoms with van der Waals surface area (Å²) in [4.78, 5) is 15.0. The van der Waals surface area contributed by atoms with Gasteiger partial charge in [0.1, 0.15) is 0 Å². The van der Waals surface area contributed by atoms with Crippen LogP contribution in [0.25, 0.3) is 0 Å². The molecule has 0 radical (unpaired) electrons. The highest BCUT2D eigenvalue weighted by molar-refractivity contribution is 5.08. The summed E-state index contributed by atoms with van der Waals surface area (Å²) in [5, 5.41) is 11.1. The zero-order valence-electron chi connectivity index (χ0n) is 13.6. The van der Waals surface area contributed by atoms with Crippen LogP contribution in [0, 0.1) is 10.1 Å². The minimum absolute atomic E-state index is 0.168. The molecule has 0 saturated carbocycles. The van der Waals surface area contributed by atoms with Crippen LogP contribution >= 0.6 is 0 Å². The first-order valence-electron chi connectivity index (χ1n) is 8.41. The van der Waals surface area contributed by atoms with E-state index in [0.717, 1.165) is 12.8 Å². The number of hydrogen-bond donors (Lipinski definition) is 0. The Balaban J connectivity index is 2.12. The number of rotatable bonds is 13. The molecule has 0 saturated heterocycles. The Hall–Kier alpha value is -1.65. The Labute approximate surface area is 133 Å². The lowest BCUT2D eigenvalue weighted by molar-refractivity contribution is -0.524. The van der Waals surface area contributed by atoms with Crippen molar-refractivity contribution >= 4 is 0 Å². The molecule has 5 heteroatoms. The van der Waals surface area contributed by atoms with Crippen molar-refractivity contribution in [3.63, 3.8) is 0 Å². The van der Waals surface area contributed by atoms with Crippen LogP contribution in [-0.2, 0) is 0 Å². The third-order valence-corrected chi connectivity index (χ3v) is 3.78. The number of unbranched alkanes of at least 4 members (excludes halogenated alkanes) is 6. The van der Waals surface area contributed by atoms with E-state index in [4.69, 9.17) is 4.74 Å². The lowest BCUT2D eigenvalue weighted by Gasteiger charge is -2.10. The van der Waals surface area contributed by atoms with Crippen LogP contribution in [-0.4, -0.2) is 22.6 Å². The highest BCUT2D eigenvalue weighted by Gasteiger charge is 2.19. The van der Waals surface area contributed by atoms with E-state index in [9.17, 15) is 10.1 Å². The summed E-state index contributed by atoms with van der Waals surface area (Å²) in [6.07, 6.45) is 11.0. The summed E-state index contributed by atoms with van der Waals surface area (Å²) in [7, 11) is 0. The molecule has 1 unspecified atom stereocenters. The van der Waals surface area contributed by atoms with Crippen molar-refractivity contribution < 1.29 is 9.66 Å². The predicted octanol–water partition coefficient (Wildman–Crippen LogP) is 4.64. The maximum absolute atomic E-state index is 11.1. The molecule has 22 heavy (non-hydrogen) atoms. The first-order valence-corrected chi connectivity index (χ1v) is 8.41. The molecule has 0 aliphatic rings. The van der Waals surface area contributed by atoms with Gasteiger partial charge in [0.05, 0.1) is 6.61 Å². The van der Waals surface area contributed by atoms with E-state index in [1.165, 1.54) is 32.1 Å². The molecule has 5 nitrogen and oxygen atoms in total. The van der Waals surface area contributed by atoms with Crippen molar-refractivity contribution in [1.82, 2.24) is 4.98 Å². The second kappa shape index (κ2) is 12.0. The molecule has 1 aromatic rings. The molecule has 124 valence electrons. The second-order valence-electron chi connectivity index (χ2n) is 5.65. The average molecular weight is 308 g/mol. The molecular formula is C17H28N2O3. The largest absolute Gasteiger partial charge is 0.477 e. The van der Waals surface area contributed by atoms with Gasteiger partial charge in [-0.25, -0.2) is 4.98 Å². The van der Waals surface area contributed by atoms with Gasteiger partial charge in [-0.15, -0.1) is 0 Å². The van der Waals surface area contributed by atoms with E-state index in [2.05, 4.69) is 11.9 Å². The summed E-state index contributed by atoms with van der Waals surface area (Å²) in [5.41, 5.74) is 0. The monoisotopic (exact) mass is 308 g/mol. The second-order valence-corrected chi connectivity index (χ2v) is 5.65. The molecular weight excluding hydrogens is 280 g/mol. The minimum atomic E-state index is -0.501. The van der Waals surface area contributed by atoms with Crippen molar-refractivity contribution in [2.24, 2.45) is 0 Å². The standard InChI is InChI=1S/C17H28N2O3/c1-2-3-4-5-6-7-8-11-16(19(20)21)13-15-22-17-12-9-10-14-18-17/h9-10,12,14,16H,2-8,11,13,15H2,1H3. The molecule has 0 aliphatic carbocycles. The van der Waals surface area contributed by atoms with Gasteiger partial charge in [-0.1, -0.05) is 51.5 Å². The Kier molecular flexibility index (Phi) is 9.99. The fraction of sp³-hybridized carbons (Fsp3) is 0.706. The van der Waals surface area contributed by atoms with E-state index in [1.807, 2.05) is 12.1 Å². The summed E-state index contributed by atoms with van der Waals surface area (Å²) in [6.45, 7) is 2.55. The quantitative estimate of drug-likeness (QED) is 0.302. The molecule has 0 aromatic carbocycles. The highest BCUT2D eigenvalue weighted by atomic mass is 16.6. The van der Waals surface area contributed by atoms with Crippen molar-refractivity contribution in [1.29, 1.82) is 0 Å². The average Bonchev–Trinajstić information content (AvgIpc) is 2.53. The van der Waals surface area contributed by atoms with Crippen molar-refractivity contribution in [2.75, 3.05) is 6.61 Å². The maximum atomic E-state index is 11.1. The van der Waals surface area contributed by atoms with Gasteiger partial charge in [-0.2, -0.15) is 0 Å². The summed E-state index contributed by atoms with van der Waals surface area (Å²) in [6, 6.07) is 4.91. The van der Waals surface area contributed by atoms with E-state index in [-0.39, 0.29) is 4.92 Å². The predicted molar refractivity (Wildman–Crippen MR) is 87.7 cm³/mol. The third kappa shape index (κ3) is 8.60. The van der Waals surface area contributed by atoms with Gasteiger partial charge in [-0.3, -0.25) is 10.1 Å². The van der Waals surface area contributed by atoms with Crippen LogP contribution < -0.4 is 4.74 Å². The fourth-order valence-corrected chi connectivity index (χ4v) is 2.42. The van der Waals surface area contributed by atoms with Crippen molar-refractivity contribution in [2.45, 2.75) is 70.8 Å². The summed E-state index contributed by atoms with van der Waals surface area (Å²) >= 11 is 0. The number of pyridine rings is 1. The van der Waals surface area contributed by atoms with Gasteiger partial charge in [0, 0.05) is 30.0 Å². The third-order valence-electron chi connectivity index (χ3n) is 3.78. The molecule has 0 spiro atoms. The number of hydrogen-bond acceptors (Lipinski definition) is 4. The van der Waals surface area contributed by atoms with Gasteiger partial charge in [0.2, 0.25) is 11.9 Å². The van der Waals surface area contributed by atoms with E-state index in [1.54, 1.807) is 12.3 Å². The molecule has 1 atom stereocenters. The molecule has 0 fully saturated rings. The molecule has 1 rings (SSSR count). The van der Waals surface area contributed by atoms with Crippen LogP contribution in [0.2, 0.25) is 0 Å². The zero-order chi connectivity index (χ0) is 16.0. The van der Waals surface area contributed by atoms with Crippen LogP contribution in [0.1, 0.15) is 64.7 Å². The lowest BCUT2D eigenvalue weighted by atomic mass is 10.0. The Morgan fingerprint density at radius 1 is 1.14 bits per heavy atom. The number of nitro groups is 1. The van der Waals surface area contributed by atoms with Gasteiger partial charge in [0.25, 0.3) is 0 Å². The SMILES string of the molecule is CCCCCCCCCC(CCOc1ccccn1)[N+](=O)[O-]. The fourth-order valence-electron chi connectivity index (χ4n) is 2.42.